The van der Waals surface area contributed by atoms with Crippen LogP contribution in [0, 0.1) is 11.3 Å². The van der Waals surface area contributed by atoms with Crippen molar-refractivity contribution in [2.45, 2.75) is 6.29 Å². The Morgan fingerprint density at radius 2 is 1.81 bits per heavy atom. The minimum Gasteiger partial charge on any atom is -0.452 e. The molecule has 2 aromatic rings. The highest BCUT2D eigenvalue weighted by Crippen LogP contribution is 2.42. The number of rotatable bonds is 4. The van der Waals surface area contributed by atoms with E-state index in [1.807, 2.05) is 6.07 Å². The molecule has 132 valence electrons. The van der Waals surface area contributed by atoms with Crippen LogP contribution in [0.4, 0.5) is 14.5 Å². The summed E-state index contributed by atoms with van der Waals surface area (Å²) >= 11 is 0. The van der Waals surface area contributed by atoms with Crippen molar-refractivity contribution >= 4 is 17.6 Å². The molecule has 0 aromatic heterocycles. The quantitative estimate of drug-likeness (QED) is 0.842. The van der Waals surface area contributed by atoms with Gasteiger partial charge >= 0.3 is 12.3 Å². The number of hydrogen-bond acceptors (Lipinski definition) is 6. The van der Waals surface area contributed by atoms with Gasteiger partial charge in [-0.2, -0.15) is 5.26 Å². The van der Waals surface area contributed by atoms with Crippen molar-refractivity contribution in [1.29, 1.82) is 5.26 Å². The number of esters is 1. The molecule has 0 saturated heterocycles. The highest BCUT2D eigenvalue weighted by atomic mass is 19.3. The predicted octanol–water partition coefficient (Wildman–Crippen LogP) is 2.68. The number of benzene rings is 2. The molecule has 0 radical (unpaired) electrons. The van der Waals surface area contributed by atoms with E-state index in [1.54, 1.807) is 0 Å². The van der Waals surface area contributed by atoms with E-state index >= 15 is 0 Å². The van der Waals surface area contributed by atoms with E-state index in [1.165, 1.54) is 36.4 Å². The van der Waals surface area contributed by atoms with Crippen molar-refractivity contribution in [3.8, 4) is 17.6 Å². The second-order valence-electron chi connectivity index (χ2n) is 5.14. The minimum atomic E-state index is -3.75. The van der Waals surface area contributed by atoms with Crippen LogP contribution in [0.1, 0.15) is 15.9 Å². The lowest BCUT2D eigenvalue weighted by molar-refractivity contribution is -0.286. The van der Waals surface area contributed by atoms with Gasteiger partial charge in [-0.25, -0.2) is 4.79 Å². The van der Waals surface area contributed by atoms with Crippen molar-refractivity contribution < 1.29 is 32.6 Å². The summed E-state index contributed by atoms with van der Waals surface area (Å²) in [7, 11) is 0. The topological polar surface area (TPSA) is 97.7 Å². The number of alkyl halides is 2. The summed E-state index contributed by atoms with van der Waals surface area (Å²) < 4.78 is 39.3. The Kier molecular flexibility index (Phi) is 4.41. The predicted molar refractivity (Wildman–Crippen MR) is 82.7 cm³/mol. The lowest BCUT2D eigenvalue weighted by Crippen LogP contribution is -2.25. The number of halogens is 2. The highest BCUT2D eigenvalue weighted by molar-refractivity contribution is 5.95. The maximum Gasteiger partial charge on any atom is 0.586 e. The molecule has 1 amide bonds. The van der Waals surface area contributed by atoms with Gasteiger partial charge < -0.3 is 19.5 Å². The standard InChI is InChI=1S/C17H10F2N2O5/c18-17(19)25-13-6-5-12(7-14(13)26-17)21-15(22)9-24-16(23)11-3-1-10(8-20)2-4-11/h1-7H,9H2,(H,21,22). The lowest BCUT2D eigenvalue weighted by Gasteiger charge is -2.07. The second kappa shape index (κ2) is 6.68. The van der Waals surface area contributed by atoms with Crippen LogP contribution >= 0.6 is 0 Å². The van der Waals surface area contributed by atoms with E-state index in [0.717, 1.165) is 6.07 Å². The van der Waals surface area contributed by atoms with Gasteiger partial charge in [-0.3, -0.25) is 4.79 Å². The zero-order chi connectivity index (χ0) is 18.7. The van der Waals surface area contributed by atoms with Gasteiger partial charge in [0.05, 0.1) is 17.2 Å². The fourth-order valence-corrected chi connectivity index (χ4v) is 2.12. The smallest absolute Gasteiger partial charge is 0.452 e. The summed E-state index contributed by atoms with van der Waals surface area (Å²) in [5.74, 6) is -1.78. The van der Waals surface area contributed by atoms with E-state index < -0.39 is 24.8 Å². The summed E-state index contributed by atoms with van der Waals surface area (Å²) in [5.41, 5.74) is 0.735. The second-order valence-corrected chi connectivity index (χ2v) is 5.14. The first-order chi connectivity index (χ1) is 12.4. The Labute approximate surface area is 145 Å². The zero-order valence-electron chi connectivity index (χ0n) is 13.0. The van der Waals surface area contributed by atoms with Crippen LogP contribution < -0.4 is 14.8 Å². The molecule has 0 unspecified atom stereocenters. The van der Waals surface area contributed by atoms with E-state index in [9.17, 15) is 18.4 Å². The first kappa shape index (κ1) is 17.2. The van der Waals surface area contributed by atoms with Crippen molar-refractivity contribution in [2.75, 3.05) is 11.9 Å². The van der Waals surface area contributed by atoms with Gasteiger partial charge in [0.15, 0.2) is 18.1 Å². The Bertz CT molecular complexity index is 906. The van der Waals surface area contributed by atoms with Crippen LogP contribution in [0.2, 0.25) is 0 Å². The van der Waals surface area contributed by atoms with Crippen LogP contribution in [0.15, 0.2) is 42.5 Å². The Morgan fingerprint density at radius 1 is 1.12 bits per heavy atom. The summed E-state index contributed by atoms with van der Waals surface area (Å²) in [6, 6.07) is 11.3. The summed E-state index contributed by atoms with van der Waals surface area (Å²) in [4.78, 5) is 23.6. The average Bonchev–Trinajstić information content (AvgIpc) is 2.92. The number of nitrogens with one attached hydrogen (secondary N) is 1. The molecule has 0 fully saturated rings. The molecular weight excluding hydrogens is 350 g/mol. The molecule has 0 saturated carbocycles. The van der Waals surface area contributed by atoms with E-state index in [-0.39, 0.29) is 22.7 Å². The van der Waals surface area contributed by atoms with E-state index in [2.05, 4.69) is 14.8 Å². The monoisotopic (exact) mass is 360 g/mol. The number of nitriles is 1. The average molecular weight is 360 g/mol. The normalized spacial score (nSPS) is 13.6. The van der Waals surface area contributed by atoms with E-state index in [0.29, 0.717) is 5.56 Å². The van der Waals surface area contributed by atoms with Crippen LogP contribution in [-0.4, -0.2) is 24.8 Å². The lowest BCUT2D eigenvalue weighted by atomic mass is 10.1. The number of carbonyl (C=O) groups excluding carboxylic acids is 2. The Hall–Kier alpha value is -3.67. The molecule has 1 aliphatic heterocycles. The molecule has 0 spiro atoms. The molecule has 1 heterocycles. The van der Waals surface area contributed by atoms with E-state index in [4.69, 9.17) is 10.00 Å². The number of hydrogen-bond donors (Lipinski definition) is 1. The molecule has 7 nitrogen and oxygen atoms in total. The van der Waals surface area contributed by atoms with Crippen LogP contribution in [0.3, 0.4) is 0 Å². The highest BCUT2D eigenvalue weighted by Gasteiger charge is 2.43. The van der Waals surface area contributed by atoms with Gasteiger partial charge in [-0.05, 0) is 36.4 Å². The number of amides is 1. The summed E-state index contributed by atoms with van der Waals surface area (Å²) in [6.07, 6.45) is -3.75. The first-order valence-electron chi connectivity index (χ1n) is 7.23. The third-order valence-electron chi connectivity index (χ3n) is 3.27. The van der Waals surface area contributed by atoms with Gasteiger partial charge in [0.1, 0.15) is 0 Å². The molecule has 0 atom stereocenters. The summed E-state index contributed by atoms with van der Waals surface area (Å²) in [6.45, 7) is -0.580. The molecule has 9 heteroatoms. The molecular formula is C17H10F2N2O5. The molecule has 26 heavy (non-hydrogen) atoms. The number of nitrogens with zero attached hydrogens (tertiary/aromatic N) is 1. The Morgan fingerprint density at radius 3 is 2.50 bits per heavy atom. The van der Waals surface area contributed by atoms with Crippen molar-refractivity contribution in [3.63, 3.8) is 0 Å². The number of anilines is 1. The maximum absolute atomic E-state index is 12.9. The number of carbonyl (C=O) groups is 2. The molecule has 1 N–H and O–H groups in total. The van der Waals surface area contributed by atoms with Crippen LogP contribution in [-0.2, 0) is 9.53 Å². The summed E-state index contributed by atoms with van der Waals surface area (Å²) in [5, 5.41) is 11.1. The van der Waals surface area contributed by atoms with Gasteiger partial charge in [-0.15, -0.1) is 8.78 Å². The van der Waals surface area contributed by atoms with Crippen LogP contribution in [0.25, 0.3) is 0 Å². The van der Waals surface area contributed by atoms with Gasteiger partial charge in [-0.1, -0.05) is 0 Å². The third kappa shape index (κ3) is 3.87. The van der Waals surface area contributed by atoms with Crippen molar-refractivity contribution in [1.82, 2.24) is 0 Å². The van der Waals surface area contributed by atoms with Gasteiger partial charge in [0.2, 0.25) is 0 Å². The fourth-order valence-electron chi connectivity index (χ4n) is 2.12. The zero-order valence-corrected chi connectivity index (χ0v) is 13.0. The molecule has 2 aromatic carbocycles. The molecule has 0 aliphatic carbocycles. The molecule has 3 rings (SSSR count). The minimum absolute atomic E-state index is 0.153. The fraction of sp³-hybridized carbons (Fsp3) is 0.118. The third-order valence-corrected chi connectivity index (χ3v) is 3.27. The van der Waals surface area contributed by atoms with Crippen molar-refractivity contribution in [3.05, 3.63) is 53.6 Å². The SMILES string of the molecule is N#Cc1ccc(C(=O)OCC(=O)Nc2ccc3c(c2)OC(F)(F)O3)cc1. The van der Waals surface area contributed by atoms with Crippen molar-refractivity contribution in [2.24, 2.45) is 0 Å². The van der Waals surface area contributed by atoms with Crippen LogP contribution in [0.5, 0.6) is 11.5 Å². The number of fused-ring (bicyclic) bond motifs is 1. The molecule has 1 aliphatic rings. The van der Waals surface area contributed by atoms with Gasteiger partial charge in [0.25, 0.3) is 5.91 Å². The van der Waals surface area contributed by atoms with Gasteiger partial charge in [0, 0.05) is 11.8 Å². The molecule has 0 bridgehead atoms. The largest absolute Gasteiger partial charge is 0.586 e. The maximum atomic E-state index is 12.9. The number of ether oxygens (including phenoxy) is 3. The Balaban J connectivity index is 1.55. The first-order valence-corrected chi connectivity index (χ1v) is 7.23.